The summed E-state index contributed by atoms with van der Waals surface area (Å²) < 4.78 is 11.7. The van der Waals surface area contributed by atoms with E-state index in [2.05, 4.69) is 31.9 Å². The van der Waals surface area contributed by atoms with Crippen molar-refractivity contribution < 1.29 is 14.3 Å². The van der Waals surface area contributed by atoms with Gasteiger partial charge in [-0.05, 0) is 55.5 Å². The summed E-state index contributed by atoms with van der Waals surface area (Å²) in [4.78, 5) is 13.1. The standard InChI is InChI=1S/C20H20BrN3O3S/c1-11-17(19(25)23-13-6-4-12(21)5-7-13)18(24-20(28)22-11)15-9-8-14(26-2)10-16(15)27-3/h4-10,18H,1-3H3,(H,23,25)(H2,22,24,28). The highest BCUT2D eigenvalue weighted by atomic mass is 79.9. The van der Waals surface area contributed by atoms with Crippen molar-refractivity contribution in [3.05, 3.63) is 63.8 Å². The van der Waals surface area contributed by atoms with Crippen LogP contribution in [0.15, 0.2) is 58.2 Å². The first-order valence-electron chi connectivity index (χ1n) is 8.50. The van der Waals surface area contributed by atoms with Gasteiger partial charge in [0.15, 0.2) is 5.11 Å². The predicted molar refractivity (Wildman–Crippen MR) is 117 cm³/mol. The van der Waals surface area contributed by atoms with Gasteiger partial charge in [-0.3, -0.25) is 4.79 Å². The number of hydrogen-bond acceptors (Lipinski definition) is 4. The topological polar surface area (TPSA) is 71.6 Å². The lowest BCUT2D eigenvalue weighted by molar-refractivity contribution is -0.113. The number of allylic oxidation sites excluding steroid dienone is 1. The Morgan fingerprint density at radius 3 is 2.50 bits per heavy atom. The molecular weight excluding hydrogens is 442 g/mol. The molecule has 1 unspecified atom stereocenters. The average molecular weight is 462 g/mol. The summed E-state index contributed by atoms with van der Waals surface area (Å²) in [5, 5.41) is 9.59. The van der Waals surface area contributed by atoms with E-state index in [0.717, 1.165) is 10.0 Å². The van der Waals surface area contributed by atoms with E-state index in [1.54, 1.807) is 20.3 Å². The Balaban J connectivity index is 1.99. The summed E-state index contributed by atoms with van der Waals surface area (Å²) in [6, 6.07) is 12.4. The van der Waals surface area contributed by atoms with Gasteiger partial charge in [-0.1, -0.05) is 15.9 Å². The zero-order valence-electron chi connectivity index (χ0n) is 15.6. The molecule has 3 N–H and O–H groups in total. The minimum absolute atomic E-state index is 0.231. The van der Waals surface area contributed by atoms with Crippen LogP contribution in [0.2, 0.25) is 0 Å². The van der Waals surface area contributed by atoms with Crippen LogP contribution in [0, 0.1) is 0 Å². The Morgan fingerprint density at radius 1 is 1.14 bits per heavy atom. The van der Waals surface area contributed by atoms with Crippen LogP contribution in [-0.2, 0) is 4.79 Å². The monoisotopic (exact) mass is 461 g/mol. The Labute approximate surface area is 177 Å². The van der Waals surface area contributed by atoms with Crippen LogP contribution < -0.4 is 25.4 Å². The van der Waals surface area contributed by atoms with Gasteiger partial charge in [0.25, 0.3) is 5.91 Å². The van der Waals surface area contributed by atoms with Crippen molar-refractivity contribution >= 4 is 44.9 Å². The number of nitrogens with one attached hydrogen (secondary N) is 3. The Kier molecular flexibility index (Phi) is 6.21. The molecule has 0 aliphatic carbocycles. The third-order valence-electron chi connectivity index (χ3n) is 4.37. The Hall–Kier alpha value is -2.58. The van der Waals surface area contributed by atoms with Gasteiger partial charge in [0.1, 0.15) is 11.5 Å². The predicted octanol–water partition coefficient (Wildman–Crippen LogP) is 3.90. The highest BCUT2D eigenvalue weighted by Gasteiger charge is 2.32. The summed E-state index contributed by atoms with van der Waals surface area (Å²) in [5.74, 6) is 1.03. The first-order chi connectivity index (χ1) is 13.4. The van der Waals surface area contributed by atoms with Crippen LogP contribution >= 0.6 is 28.1 Å². The van der Waals surface area contributed by atoms with Crippen molar-refractivity contribution in [3.63, 3.8) is 0 Å². The van der Waals surface area contributed by atoms with Gasteiger partial charge in [0, 0.05) is 27.5 Å². The second kappa shape index (κ2) is 8.62. The lowest BCUT2D eigenvalue weighted by Gasteiger charge is -2.31. The molecule has 1 amide bonds. The molecule has 1 aliphatic heterocycles. The number of halogens is 1. The van der Waals surface area contributed by atoms with E-state index in [-0.39, 0.29) is 5.91 Å². The van der Waals surface area contributed by atoms with Gasteiger partial charge < -0.3 is 25.4 Å². The summed E-state index contributed by atoms with van der Waals surface area (Å²) in [6.07, 6.45) is 0. The van der Waals surface area contributed by atoms with Crippen LogP contribution in [0.5, 0.6) is 11.5 Å². The summed E-state index contributed by atoms with van der Waals surface area (Å²) >= 11 is 8.70. The molecule has 2 aromatic rings. The first-order valence-corrected chi connectivity index (χ1v) is 9.70. The third-order valence-corrected chi connectivity index (χ3v) is 5.12. The third kappa shape index (κ3) is 4.28. The number of carbonyl (C=O) groups is 1. The summed E-state index contributed by atoms with van der Waals surface area (Å²) in [5.41, 5.74) is 2.69. The van der Waals surface area contributed by atoms with Gasteiger partial charge in [-0.15, -0.1) is 0 Å². The number of benzene rings is 2. The van der Waals surface area contributed by atoms with Crippen LogP contribution in [-0.4, -0.2) is 25.2 Å². The molecule has 0 saturated heterocycles. The van der Waals surface area contributed by atoms with Crippen LogP contribution in [0.3, 0.4) is 0 Å². The van der Waals surface area contributed by atoms with Gasteiger partial charge in [-0.25, -0.2) is 0 Å². The summed E-state index contributed by atoms with van der Waals surface area (Å²) in [7, 11) is 3.17. The molecule has 146 valence electrons. The molecule has 2 aromatic carbocycles. The maximum absolute atomic E-state index is 13.1. The lowest BCUT2D eigenvalue weighted by atomic mass is 9.94. The van der Waals surface area contributed by atoms with E-state index in [4.69, 9.17) is 21.7 Å². The SMILES string of the molecule is COc1ccc(C2NC(=S)NC(C)=C2C(=O)Nc2ccc(Br)cc2)c(OC)c1. The highest BCUT2D eigenvalue weighted by Crippen LogP contribution is 2.35. The fraction of sp³-hybridized carbons (Fsp3) is 0.200. The molecule has 28 heavy (non-hydrogen) atoms. The van der Waals surface area contributed by atoms with Crippen LogP contribution in [0.1, 0.15) is 18.5 Å². The van der Waals surface area contributed by atoms with E-state index < -0.39 is 6.04 Å². The molecule has 3 rings (SSSR count). The van der Waals surface area contributed by atoms with E-state index in [1.165, 1.54) is 0 Å². The fourth-order valence-corrected chi connectivity index (χ4v) is 3.55. The average Bonchev–Trinajstić information content (AvgIpc) is 2.68. The van der Waals surface area contributed by atoms with Crippen molar-refractivity contribution in [1.82, 2.24) is 10.6 Å². The molecule has 0 radical (unpaired) electrons. The number of thiocarbonyl (C=S) groups is 1. The van der Waals surface area contributed by atoms with Crippen molar-refractivity contribution in [1.29, 1.82) is 0 Å². The minimum atomic E-state index is -0.468. The van der Waals surface area contributed by atoms with Gasteiger partial charge in [0.05, 0.1) is 25.8 Å². The summed E-state index contributed by atoms with van der Waals surface area (Å²) in [6.45, 7) is 1.83. The molecule has 0 bridgehead atoms. The zero-order valence-corrected chi connectivity index (χ0v) is 18.0. The van der Waals surface area contributed by atoms with E-state index in [0.29, 0.717) is 33.6 Å². The van der Waals surface area contributed by atoms with E-state index >= 15 is 0 Å². The smallest absolute Gasteiger partial charge is 0.255 e. The largest absolute Gasteiger partial charge is 0.497 e. The first kappa shape index (κ1) is 20.2. The van der Waals surface area contributed by atoms with Crippen molar-refractivity contribution in [2.24, 2.45) is 0 Å². The number of hydrogen-bond donors (Lipinski definition) is 3. The van der Waals surface area contributed by atoms with Crippen molar-refractivity contribution in [3.8, 4) is 11.5 Å². The second-order valence-electron chi connectivity index (χ2n) is 6.14. The quantitative estimate of drug-likeness (QED) is 0.586. The van der Waals surface area contributed by atoms with Gasteiger partial charge in [0.2, 0.25) is 0 Å². The number of carbonyl (C=O) groups excluding carboxylic acids is 1. The van der Waals surface area contributed by atoms with Crippen molar-refractivity contribution in [2.75, 3.05) is 19.5 Å². The number of ether oxygens (including phenoxy) is 2. The number of methoxy groups -OCH3 is 2. The zero-order chi connectivity index (χ0) is 20.3. The molecule has 0 fully saturated rings. The normalized spacial score (nSPS) is 16.1. The Morgan fingerprint density at radius 2 is 1.86 bits per heavy atom. The van der Waals surface area contributed by atoms with Crippen LogP contribution in [0.25, 0.3) is 0 Å². The molecular formula is C20H20BrN3O3S. The maximum atomic E-state index is 13.1. The number of amides is 1. The fourth-order valence-electron chi connectivity index (χ4n) is 3.02. The van der Waals surface area contributed by atoms with E-state index in [9.17, 15) is 4.79 Å². The Bertz CT molecular complexity index is 944. The molecule has 0 saturated carbocycles. The lowest BCUT2D eigenvalue weighted by Crippen LogP contribution is -2.45. The molecule has 1 atom stereocenters. The van der Waals surface area contributed by atoms with Crippen molar-refractivity contribution in [2.45, 2.75) is 13.0 Å². The molecule has 1 heterocycles. The second-order valence-corrected chi connectivity index (χ2v) is 7.46. The molecule has 0 spiro atoms. The maximum Gasteiger partial charge on any atom is 0.255 e. The molecule has 1 aliphatic rings. The minimum Gasteiger partial charge on any atom is -0.497 e. The van der Waals surface area contributed by atoms with Gasteiger partial charge >= 0.3 is 0 Å². The molecule has 8 heteroatoms. The molecule has 0 aromatic heterocycles. The number of rotatable bonds is 5. The van der Waals surface area contributed by atoms with E-state index in [1.807, 2.05) is 43.3 Å². The number of anilines is 1. The van der Waals surface area contributed by atoms with Crippen LogP contribution in [0.4, 0.5) is 5.69 Å². The molecule has 6 nitrogen and oxygen atoms in total. The van der Waals surface area contributed by atoms with Gasteiger partial charge in [-0.2, -0.15) is 0 Å². The highest BCUT2D eigenvalue weighted by molar-refractivity contribution is 9.10.